The Hall–Kier alpha value is -1.64. The van der Waals surface area contributed by atoms with E-state index in [0.29, 0.717) is 0 Å². The average molecular weight is 270 g/mol. The van der Waals surface area contributed by atoms with Gasteiger partial charge in [0.15, 0.2) is 0 Å². The number of ether oxygens (including phenoxy) is 1. The normalized spacial score (nSPS) is 12.3. The molecule has 0 saturated heterocycles. The topological polar surface area (TPSA) is 29.5 Å². The van der Waals surface area contributed by atoms with Gasteiger partial charge in [-0.3, -0.25) is 0 Å². The van der Waals surface area contributed by atoms with E-state index >= 15 is 0 Å². The van der Waals surface area contributed by atoms with Crippen molar-refractivity contribution in [3.63, 3.8) is 0 Å². The van der Waals surface area contributed by atoms with Crippen LogP contribution in [0.2, 0.25) is 0 Å². The molecular weight excluding hydrogens is 248 g/mol. The molecule has 0 aliphatic rings. The van der Waals surface area contributed by atoms with E-state index in [4.69, 9.17) is 4.74 Å². The molecule has 20 heavy (non-hydrogen) atoms. The van der Waals surface area contributed by atoms with Crippen LogP contribution >= 0.6 is 0 Å². The zero-order valence-electron chi connectivity index (χ0n) is 12.2. The van der Waals surface area contributed by atoms with Crippen molar-refractivity contribution in [2.45, 2.75) is 25.9 Å². The van der Waals surface area contributed by atoms with Crippen LogP contribution in [0.1, 0.15) is 35.3 Å². The Kier molecular flexibility index (Phi) is 5.33. The minimum absolute atomic E-state index is 0.553. The van der Waals surface area contributed by atoms with Crippen LogP contribution in [0.5, 0.6) is 0 Å². The second kappa shape index (κ2) is 7.22. The molecule has 0 amide bonds. The second-order valence-corrected chi connectivity index (χ2v) is 4.94. The zero-order chi connectivity index (χ0) is 14.4. The molecule has 1 atom stereocenters. The molecule has 0 radical (unpaired) electrons. The molecule has 0 bridgehead atoms. The van der Waals surface area contributed by atoms with Crippen molar-refractivity contribution in [1.82, 2.24) is 0 Å². The number of aliphatic hydroxyl groups excluding tert-OH is 1. The molecule has 0 aliphatic carbocycles. The van der Waals surface area contributed by atoms with Crippen molar-refractivity contribution in [3.05, 3.63) is 70.8 Å². The van der Waals surface area contributed by atoms with Crippen molar-refractivity contribution in [1.29, 1.82) is 0 Å². The zero-order valence-corrected chi connectivity index (χ0v) is 12.2. The Bertz CT molecular complexity index is 531. The molecular formula is C18H22O2. The SMILES string of the molecule is CCc1ccccc1C(O)c1ccc(CCOC)cc1. The largest absolute Gasteiger partial charge is 0.384 e. The molecule has 2 rings (SSSR count). The maximum atomic E-state index is 10.5. The summed E-state index contributed by atoms with van der Waals surface area (Å²) in [5.41, 5.74) is 4.36. The molecule has 0 saturated carbocycles. The summed E-state index contributed by atoms with van der Waals surface area (Å²) in [5.74, 6) is 0. The second-order valence-electron chi connectivity index (χ2n) is 4.94. The highest BCUT2D eigenvalue weighted by molar-refractivity contribution is 5.36. The summed E-state index contributed by atoms with van der Waals surface area (Å²) in [6, 6.07) is 16.2. The monoisotopic (exact) mass is 270 g/mol. The van der Waals surface area contributed by atoms with E-state index in [1.54, 1.807) is 7.11 Å². The molecule has 1 N–H and O–H groups in total. The quantitative estimate of drug-likeness (QED) is 0.870. The van der Waals surface area contributed by atoms with E-state index in [2.05, 4.69) is 25.1 Å². The summed E-state index contributed by atoms with van der Waals surface area (Å²) >= 11 is 0. The van der Waals surface area contributed by atoms with Crippen LogP contribution in [0.4, 0.5) is 0 Å². The maximum Gasteiger partial charge on any atom is 0.104 e. The van der Waals surface area contributed by atoms with Gasteiger partial charge >= 0.3 is 0 Å². The Morgan fingerprint density at radius 1 is 1.05 bits per heavy atom. The van der Waals surface area contributed by atoms with Gasteiger partial charge in [-0.15, -0.1) is 0 Å². The fraction of sp³-hybridized carbons (Fsp3) is 0.333. The lowest BCUT2D eigenvalue weighted by atomic mass is 9.95. The highest BCUT2D eigenvalue weighted by Crippen LogP contribution is 2.25. The van der Waals surface area contributed by atoms with Gasteiger partial charge in [0.1, 0.15) is 6.10 Å². The first-order valence-electron chi connectivity index (χ1n) is 7.10. The van der Waals surface area contributed by atoms with Gasteiger partial charge in [-0.2, -0.15) is 0 Å². The minimum Gasteiger partial charge on any atom is -0.384 e. The predicted octanol–water partition coefficient (Wildman–Crippen LogP) is 3.52. The molecule has 2 aromatic carbocycles. The Morgan fingerprint density at radius 3 is 2.40 bits per heavy atom. The molecule has 2 heteroatoms. The fourth-order valence-electron chi connectivity index (χ4n) is 2.39. The minimum atomic E-state index is -0.553. The molecule has 0 fully saturated rings. The Labute approximate surface area is 121 Å². The van der Waals surface area contributed by atoms with Crippen LogP contribution in [0, 0.1) is 0 Å². The number of benzene rings is 2. The van der Waals surface area contributed by atoms with Crippen LogP contribution < -0.4 is 0 Å². The van der Waals surface area contributed by atoms with Crippen molar-refractivity contribution in [2.75, 3.05) is 13.7 Å². The third kappa shape index (κ3) is 3.47. The molecule has 0 spiro atoms. The van der Waals surface area contributed by atoms with Crippen LogP contribution in [0.25, 0.3) is 0 Å². The first kappa shape index (κ1) is 14.8. The maximum absolute atomic E-state index is 10.5. The lowest BCUT2D eigenvalue weighted by Crippen LogP contribution is -2.03. The summed E-state index contributed by atoms with van der Waals surface area (Å²) in [4.78, 5) is 0. The number of rotatable bonds is 6. The lowest BCUT2D eigenvalue weighted by Gasteiger charge is -2.15. The van der Waals surface area contributed by atoms with Gasteiger partial charge in [0, 0.05) is 7.11 Å². The summed E-state index contributed by atoms with van der Waals surface area (Å²) in [6.07, 6.45) is 1.28. The van der Waals surface area contributed by atoms with E-state index in [1.165, 1.54) is 11.1 Å². The van der Waals surface area contributed by atoms with Gasteiger partial charge in [0.25, 0.3) is 0 Å². The summed E-state index contributed by atoms with van der Waals surface area (Å²) < 4.78 is 5.07. The van der Waals surface area contributed by atoms with E-state index in [-0.39, 0.29) is 0 Å². The summed E-state index contributed by atoms with van der Waals surface area (Å²) in [6.45, 7) is 2.83. The first-order valence-corrected chi connectivity index (χ1v) is 7.10. The lowest BCUT2D eigenvalue weighted by molar-refractivity contribution is 0.202. The van der Waals surface area contributed by atoms with Gasteiger partial charge in [-0.25, -0.2) is 0 Å². The third-order valence-electron chi connectivity index (χ3n) is 3.62. The number of aryl methyl sites for hydroxylation is 1. The molecule has 106 valence electrons. The van der Waals surface area contributed by atoms with E-state index in [9.17, 15) is 5.11 Å². The van der Waals surface area contributed by atoms with Gasteiger partial charge < -0.3 is 9.84 Å². The van der Waals surface area contributed by atoms with E-state index in [0.717, 1.165) is 30.6 Å². The highest BCUT2D eigenvalue weighted by atomic mass is 16.5. The summed E-state index contributed by atoms with van der Waals surface area (Å²) in [7, 11) is 1.71. The van der Waals surface area contributed by atoms with Crippen LogP contribution in [-0.4, -0.2) is 18.8 Å². The molecule has 0 aliphatic heterocycles. The van der Waals surface area contributed by atoms with Crippen LogP contribution in [0.3, 0.4) is 0 Å². The third-order valence-corrected chi connectivity index (χ3v) is 3.62. The van der Waals surface area contributed by atoms with Gasteiger partial charge in [0.05, 0.1) is 6.61 Å². The average Bonchev–Trinajstić information content (AvgIpc) is 2.52. The number of methoxy groups -OCH3 is 1. The smallest absolute Gasteiger partial charge is 0.104 e. The Balaban J connectivity index is 2.18. The van der Waals surface area contributed by atoms with Gasteiger partial charge in [0.2, 0.25) is 0 Å². The number of hydrogen-bond acceptors (Lipinski definition) is 2. The van der Waals surface area contributed by atoms with Crippen LogP contribution in [0.15, 0.2) is 48.5 Å². The van der Waals surface area contributed by atoms with E-state index in [1.807, 2.05) is 30.3 Å². The van der Waals surface area contributed by atoms with Crippen LogP contribution in [-0.2, 0) is 17.6 Å². The first-order chi connectivity index (χ1) is 9.76. The molecule has 0 aromatic heterocycles. The molecule has 2 nitrogen and oxygen atoms in total. The molecule has 0 heterocycles. The van der Waals surface area contributed by atoms with Crippen molar-refractivity contribution in [3.8, 4) is 0 Å². The fourth-order valence-corrected chi connectivity index (χ4v) is 2.39. The molecule has 2 aromatic rings. The van der Waals surface area contributed by atoms with Crippen molar-refractivity contribution >= 4 is 0 Å². The van der Waals surface area contributed by atoms with Gasteiger partial charge in [-0.05, 0) is 35.1 Å². The Morgan fingerprint density at radius 2 is 1.75 bits per heavy atom. The predicted molar refractivity (Wildman–Crippen MR) is 81.9 cm³/mol. The number of aliphatic hydroxyl groups is 1. The highest BCUT2D eigenvalue weighted by Gasteiger charge is 2.13. The van der Waals surface area contributed by atoms with Gasteiger partial charge in [-0.1, -0.05) is 55.5 Å². The van der Waals surface area contributed by atoms with Crippen molar-refractivity contribution in [2.24, 2.45) is 0 Å². The summed E-state index contributed by atoms with van der Waals surface area (Å²) in [5, 5.41) is 10.5. The standard InChI is InChI=1S/C18H22O2/c1-3-15-6-4-5-7-17(15)18(19)16-10-8-14(9-11-16)12-13-20-2/h4-11,18-19H,3,12-13H2,1-2H3. The number of hydrogen-bond donors (Lipinski definition) is 1. The van der Waals surface area contributed by atoms with Crippen molar-refractivity contribution < 1.29 is 9.84 Å². The van der Waals surface area contributed by atoms with E-state index < -0.39 is 6.10 Å². The molecule has 1 unspecified atom stereocenters.